The average molecular weight is 402 g/mol. The molecular formula is C18H16BrN3O3. The van der Waals surface area contributed by atoms with Gasteiger partial charge in [-0.1, -0.05) is 51.4 Å². The predicted molar refractivity (Wildman–Crippen MR) is 96.0 cm³/mol. The Morgan fingerprint density at radius 1 is 1.24 bits per heavy atom. The molecule has 128 valence electrons. The number of nitrogens with zero attached hydrogens (tertiary/aromatic N) is 2. The zero-order chi connectivity index (χ0) is 17.6. The minimum atomic E-state index is -0.264. The molecule has 0 aliphatic heterocycles. The van der Waals surface area contributed by atoms with E-state index in [0.717, 1.165) is 15.6 Å². The molecule has 6 nitrogen and oxygen atoms in total. The lowest BCUT2D eigenvalue weighted by Gasteiger charge is -2.07. The Balaban J connectivity index is 1.49. The van der Waals surface area contributed by atoms with E-state index in [4.69, 9.17) is 9.26 Å². The van der Waals surface area contributed by atoms with Crippen molar-refractivity contribution in [2.75, 3.05) is 6.61 Å². The van der Waals surface area contributed by atoms with Crippen LogP contribution in [0.3, 0.4) is 0 Å². The summed E-state index contributed by atoms with van der Waals surface area (Å²) in [5, 5.41) is 6.59. The topological polar surface area (TPSA) is 77.2 Å². The lowest BCUT2D eigenvalue weighted by Crippen LogP contribution is -2.28. The Kier molecular flexibility index (Phi) is 5.45. The third kappa shape index (κ3) is 4.67. The molecule has 0 fully saturated rings. The second kappa shape index (κ2) is 7.94. The van der Waals surface area contributed by atoms with Gasteiger partial charge in [-0.15, -0.1) is 0 Å². The molecule has 2 aromatic carbocycles. The van der Waals surface area contributed by atoms with Gasteiger partial charge in [-0.25, -0.2) is 0 Å². The van der Waals surface area contributed by atoms with Crippen LogP contribution in [0.4, 0.5) is 0 Å². The minimum absolute atomic E-state index is 0.0826. The fourth-order valence-electron chi connectivity index (χ4n) is 2.11. The van der Waals surface area contributed by atoms with Gasteiger partial charge in [0.1, 0.15) is 5.75 Å². The van der Waals surface area contributed by atoms with Crippen LogP contribution in [0, 0.1) is 6.92 Å². The molecule has 0 radical (unpaired) electrons. The molecule has 1 amide bonds. The highest BCUT2D eigenvalue weighted by atomic mass is 79.9. The van der Waals surface area contributed by atoms with E-state index in [-0.39, 0.29) is 19.1 Å². The summed E-state index contributed by atoms with van der Waals surface area (Å²) in [7, 11) is 0. The molecule has 1 aromatic heterocycles. The van der Waals surface area contributed by atoms with Crippen LogP contribution < -0.4 is 10.1 Å². The zero-order valence-electron chi connectivity index (χ0n) is 13.5. The van der Waals surface area contributed by atoms with E-state index in [1.807, 2.05) is 49.4 Å². The Bertz CT molecular complexity index is 865. The largest absolute Gasteiger partial charge is 0.484 e. The fourth-order valence-corrected chi connectivity index (χ4v) is 2.36. The Morgan fingerprint density at radius 3 is 2.80 bits per heavy atom. The Morgan fingerprint density at radius 2 is 2.04 bits per heavy atom. The number of hydrogen-bond donors (Lipinski definition) is 1. The number of rotatable bonds is 6. The van der Waals surface area contributed by atoms with Gasteiger partial charge in [-0.05, 0) is 30.7 Å². The van der Waals surface area contributed by atoms with Crippen molar-refractivity contribution in [2.24, 2.45) is 0 Å². The van der Waals surface area contributed by atoms with Crippen LogP contribution >= 0.6 is 15.9 Å². The molecule has 1 heterocycles. The van der Waals surface area contributed by atoms with Gasteiger partial charge in [-0.2, -0.15) is 4.98 Å². The molecule has 0 saturated carbocycles. The van der Waals surface area contributed by atoms with Crippen molar-refractivity contribution in [3.05, 3.63) is 64.5 Å². The average Bonchev–Trinajstić information content (AvgIpc) is 3.11. The summed E-state index contributed by atoms with van der Waals surface area (Å²) in [5.74, 6) is 1.21. The molecule has 3 aromatic rings. The quantitative estimate of drug-likeness (QED) is 0.683. The summed E-state index contributed by atoms with van der Waals surface area (Å²) in [6.45, 7) is 2.03. The first kappa shape index (κ1) is 17.2. The van der Waals surface area contributed by atoms with Crippen molar-refractivity contribution in [2.45, 2.75) is 13.5 Å². The van der Waals surface area contributed by atoms with E-state index in [1.54, 1.807) is 6.07 Å². The molecule has 0 saturated heterocycles. The van der Waals surface area contributed by atoms with Gasteiger partial charge in [0.2, 0.25) is 11.7 Å². The van der Waals surface area contributed by atoms with E-state index in [9.17, 15) is 4.79 Å². The number of carbonyl (C=O) groups is 1. The van der Waals surface area contributed by atoms with E-state index in [1.165, 1.54) is 0 Å². The summed E-state index contributed by atoms with van der Waals surface area (Å²) < 4.78 is 11.6. The van der Waals surface area contributed by atoms with Crippen LogP contribution in [0.2, 0.25) is 0 Å². The van der Waals surface area contributed by atoms with Crippen LogP contribution in [0.15, 0.2) is 57.5 Å². The van der Waals surface area contributed by atoms with Crippen molar-refractivity contribution in [3.63, 3.8) is 0 Å². The highest BCUT2D eigenvalue weighted by molar-refractivity contribution is 9.10. The van der Waals surface area contributed by atoms with Crippen molar-refractivity contribution >= 4 is 21.8 Å². The van der Waals surface area contributed by atoms with Gasteiger partial charge in [0.05, 0.1) is 6.54 Å². The number of carbonyl (C=O) groups excluding carboxylic acids is 1. The molecule has 1 N–H and O–H groups in total. The standard InChI is InChI=1S/C18H16BrN3O3/c1-12-9-14(7-8-15(12)19)24-11-16(23)20-10-17-21-18(22-25-17)13-5-3-2-4-6-13/h2-9H,10-11H2,1H3,(H,20,23). The SMILES string of the molecule is Cc1cc(OCC(=O)NCc2nc(-c3ccccc3)no2)ccc1Br. The molecule has 0 aliphatic rings. The van der Waals surface area contributed by atoms with Crippen LogP contribution in [0.25, 0.3) is 11.4 Å². The van der Waals surface area contributed by atoms with Gasteiger partial charge in [0, 0.05) is 10.0 Å². The number of halogens is 1. The fraction of sp³-hybridized carbons (Fsp3) is 0.167. The molecule has 0 spiro atoms. The van der Waals surface area contributed by atoms with E-state index < -0.39 is 0 Å². The summed E-state index contributed by atoms with van der Waals surface area (Å²) in [5.41, 5.74) is 1.90. The number of hydrogen-bond acceptors (Lipinski definition) is 5. The smallest absolute Gasteiger partial charge is 0.258 e. The van der Waals surface area contributed by atoms with Crippen molar-refractivity contribution in [1.82, 2.24) is 15.5 Å². The van der Waals surface area contributed by atoms with E-state index in [2.05, 4.69) is 31.4 Å². The van der Waals surface area contributed by atoms with Crippen molar-refractivity contribution in [3.8, 4) is 17.1 Å². The summed E-state index contributed by atoms with van der Waals surface area (Å²) >= 11 is 3.42. The van der Waals surface area contributed by atoms with Crippen LogP contribution in [-0.4, -0.2) is 22.7 Å². The van der Waals surface area contributed by atoms with Gasteiger partial charge in [-0.3, -0.25) is 4.79 Å². The van der Waals surface area contributed by atoms with Gasteiger partial charge in [0.25, 0.3) is 5.91 Å². The summed E-state index contributed by atoms with van der Waals surface area (Å²) in [6, 6.07) is 15.0. The minimum Gasteiger partial charge on any atom is -0.484 e. The molecule has 25 heavy (non-hydrogen) atoms. The molecule has 3 rings (SSSR count). The number of ether oxygens (including phenoxy) is 1. The third-order valence-electron chi connectivity index (χ3n) is 3.44. The third-order valence-corrected chi connectivity index (χ3v) is 4.33. The maximum absolute atomic E-state index is 11.9. The van der Waals surface area contributed by atoms with Crippen LogP contribution in [0.5, 0.6) is 5.75 Å². The Hall–Kier alpha value is -2.67. The molecule has 0 atom stereocenters. The van der Waals surface area contributed by atoms with Gasteiger partial charge in [0.15, 0.2) is 6.61 Å². The van der Waals surface area contributed by atoms with Crippen molar-refractivity contribution in [1.29, 1.82) is 0 Å². The first-order chi connectivity index (χ1) is 12.1. The van der Waals surface area contributed by atoms with Crippen LogP contribution in [-0.2, 0) is 11.3 Å². The van der Waals surface area contributed by atoms with Crippen molar-refractivity contribution < 1.29 is 14.1 Å². The number of aryl methyl sites for hydroxylation is 1. The maximum Gasteiger partial charge on any atom is 0.258 e. The number of nitrogens with one attached hydrogen (secondary N) is 1. The zero-order valence-corrected chi connectivity index (χ0v) is 15.1. The number of benzene rings is 2. The summed E-state index contributed by atoms with van der Waals surface area (Å²) in [6.07, 6.45) is 0. The van der Waals surface area contributed by atoms with Gasteiger partial charge < -0.3 is 14.6 Å². The molecule has 0 unspecified atom stereocenters. The summed E-state index contributed by atoms with van der Waals surface area (Å²) in [4.78, 5) is 16.1. The maximum atomic E-state index is 11.9. The first-order valence-electron chi connectivity index (χ1n) is 7.65. The number of aromatic nitrogens is 2. The molecular weight excluding hydrogens is 386 g/mol. The lowest BCUT2D eigenvalue weighted by molar-refractivity contribution is -0.123. The Labute approximate surface area is 153 Å². The molecule has 0 aliphatic carbocycles. The highest BCUT2D eigenvalue weighted by Gasteiger charge is 2.10. The first-order valence-corrected chi connectivity index (χ1v) is 8.45. The van der Waals surface area contributed by atoms with Gasteiger partial charge >= 0.3 is 0 Å². The van der Waals surface area contributed by atoms with Crippen LogP contribution in [0.1, 0.15) is 11.5 Å². The molecule has 0 bridgehead atoms. The predicted octanol–water partition coefficient (Wildman–Crippen LogP) is 3.50. The number of amides is 1. The lowest BCUT2D eigenvalue weighted by atomic mass is 10.2. The monoisotopic (exact) mass is 401 g/mol. The van der Waals surface area contributed by atoms with E-state index >= 15 is 0 Å². The molecule has 7 heteroatoms. The second-order valence-corrected chi connectivity index (χ2v) is 6.21. The highest BCUT2D eigenvalue weighted by Crippen LogP contribution is 2.21. The normalized spacial score (nSPS) is 10.5. The second-order valence-electron chi connectivity index (χ2n) is 5.35. The van der Waals surface area contributed by atoms with E-state index in [0.29, 0.717) is 17.5 Å².